The average Bonchev–Trinajstić information content (AvgIpc) is 3.14. The minimum Gasteiger partial charge on any atom is -0.368 e. The molecule has 0 spiro atoms. The molecular formula is C14H21N5O4. The van der Waals surface area contributed by atoms with E-state index in [1.807, 2.05) is 4.90 Å². The molecule has 2 fully saturated rings. The Hall–Kier alpha value is -2.16. The highest BCUT2D eigenvalue weighted by Crippen LogP contribution is 2.31. The maximum atomic E-state index is 12.3. The quantitative estimate of drug-likeness (QED) is 0.593. The Morgan fingerprint density at radius 3 is 2.61 bits per heavy atom. The third kappa shape index (κ3) is 2.88. The zero-order valence-corrected chi connectivity index (χ0v) is 13.4. The summed E-state index contributed by atoms with van der Waals surface area (Å²) in [5, 5.41) is 15.4. The van der Waals surface area contributed by atoms with E-state index in [4.69, 9.17) is 4.74 Å². The molecular weight excluding hydrogens is 302 g/mol. The molecule has 23 heavy (non-hydrogen) atoms. The zero-order valence-electron chi connectivity index (χ0n) is 13.4. The summed E-state index contributed by atoms with van der Waals surface area (Å²) in [5.74, 6) is 0.551. The smallest absolute Gasteiger partial charge is 0.333 e. The molecule has 126 valence electrons. The number of hydrogen-bond acceptors (Lipinski definition) is 6. The van der Waals surface area contributed by atoms with Gasteiger partial charge >= 0.3 is 5.69 Å². The Morgan fingerprint density at radius 1 is 1.35 bits per heavy atom. The lowest BCUT2D eigenvalue weighted by Gasteiger charge is -2.36. The summed E-state index contributed by atoms with van der Waals surface area (Å²) in [6.07, 6.45) is 1.40. The summed E-state index contributed by atoms with van der Waals surface area (Å²) in [6.45, 7) is 4.48. The molecule has 9 nitrogen and oxygen atoms in total. The molecule has 2 aliphatic rings. The number of aryl methyl sites for hydroxylation is 2. The minimum atomic E-state index is -0.387. The summed E-state index contributed by atoms with van der Waals surface area (Å²) in [5.41, 5.74) is 0.455. The lowest BCUT2D eigenvalue weighted by Crippen LogP contribution is -2.51. The highest BCUT2D eigenvalue weighted by atomic mass is 16.6. The molecule has 0 bridgehead atoms. The first-order valence-electron chi connectivity index (χ1n) is 7.82. The van der Waals surface area contributed by atoms with Crippen molar-refractivity contribution < 1.29 is 14.5 Å². The predicted octanol–water partition coefficient (Wildman–Crippen LogP) is 0.464. The SMILES string of the molecule is Cc1nn(C)c(N2CCN(C(=O)[C@H]3CCCO3)CC2)c1[N+](=O)[O-]. The van der Waals surface area contributed by atoms with Crippen molar-refractivity contribution in [2.24, 2.45) is 7.05 Å². The molecule has 0 saturated carbocycles. The van der Waals surface area contributed by atoms with Crippen LogP contribution in [0.5, 0.6) is 0 Å². The zero-order chi connectivity index (χ0) is 16.6. The van der Waals surface area contributed by atoms with E-state index in [0.29, 0.717) is 44.3 Å². The first-order chi connectivity index (χ1) is 11.0. The standard InChI is InChI=1S/C14H21N5O4/c1-10-12(19(21)22)13(16(2)15-10)17-5-7-18(8-6-17)14(20)11-4-3-9-23-11/h11H,3-9H2,1-2H3/t11-/m1/s1. The largest absolute Gasteiger partial charge is 0.368 e. The van der Waals surface area contributed by atoms with E-state index < -0.39 is 0 Å². The number of carbonyl (C=O) groups excluding carboxylic acids is 1. The van der Waals surface area contributed by atoms with Crippen LogP contribution in [0.3, 0.4) is 0 Å². The van der Waals surface area contributed by atoms with Gasteiger partial charge in [-0.05, 0) is 19.8 Å². The molecule has 9 heteroatoms. The lowest BCUT2D eigenvalue weighted by atomic mass is 10.2. The number of nitro groups is 1. The maximum absolute atomic E-state index is 12.3. The molecule has 0 aromatic carbocycles. The maximum Gasteiger partial charge on any atom is 0.333 e. The van der Waals surface area contributed by atoms with Crippen LogP contribution in [-0.2, 0) is 16.6 Å². The summed E-state index contributed by atoms with van der Waals surface area (Å²) in [7, 11) is 1.71. The van der Waals surface area contributed by atoms with Gasteiger partial charge in [0, 0.05) is 39.8 Å². The normalized spacial score (nSPS) is 21.7. The van der Waals surface area contributed by atoms with Gasteiger partial charge in [0.2, 0.25) is 5.82 Å². The second-order valence-corrected chi connectivity index (χ2v) is 5.95. The van der Waals surface area contributed by atoms with E-state index in [1.165, 1.54) is 0 Å². The number of ether oxygens (including phenoxy) is 1. The van der Waals surface area contributed by atoms with Gasteiger partial charge in [0.05, 0.1) is 4.92 Å². The van der Waals surface area contributed by atoms with Crippen LogP contribution in [0, 0.1) is 17.0 Å². The monoisotopic (exact) mass is 323 g/mol. The van der Waals surface area contributed by atoms with Crippen molar-refractivity contribution in [3.8, 4) is 0 Å². The van der Waals surface area contributed by atoms with Crippen LogP contribution in [0.2, 0.25) is 0 Å². The second kappa shape index (κ2) is 6.15. The number of nitrogens with zero attached hydrogens (tertiary/aromatic N) is 5. The van der Waals surface area contributed by atoms with E-state index in [2.05, 4.69) is 5.10 Å². The molecule has 0 unspecified atom stereocenters. The molecule has 0 N–H and O–H groups in total. The topological polar surface area (TPSA) is 93.7 Å². The number of carbonyl (C=O) groups is 1. The van der Waals surface area contributed by atoms with Gasteiger partial charge in [-0.25, -0.2) is 4.68 Å². The van der Waals surface area contributed by atoms with Crippen LogP contribution in [0.15, 0.2) is 0 Å². The summed E-state index contributed by atoms with van der Waals surface area (Å²) in [4.78, 5) is 27.0. The van der Waals surface area contributed by atoms with Gasteiger partial charge < -0.3 is 14.5 Å². The second-order valence-electron chi connectivity index (χ2n) is 5.95. The minimum absolute atomic E-state index is 0.0397. The van der Waals surface area contributed by atoms with E-state index in [9.17, 15) is 14.9 Å². The Morgan fingerprint density at radius 2 is 2.04 bits per heavy atom. The van der Waals surface area contributed by atoms with Crippen molar-refractivity contribution in [1.29, 1.82) is 0 Å². The van der Waals surface area contributed by atoms with E-state index in [1.54, 1.807) is 23.6 Å². The molecule has 2 saturated heterocycles. The first-order valence-corrected chi connectivity index (χ1v) is 7.82. The molecule has 2 aliphatic heterocycles. The Bertz CT molecular complexity index is 615. The van der Waals surface area contributed by atoms with Gasteiger partial charge in [-0.15, -0.1) is 0 Å². The van der Waals surface area contributed by atoms with Gasteiger partial charge in [-0.3, -0.25) is 14.9 Å². The van der Waals surface area contributed by atoms with E-state index in [-0.39, 0.29) is 22.6 Å². The van der Waals surface area contributed by atoms with Gasteiger partial charge in [-0.1, -0.05) is 0 Å². The van der Waals surface area contributed by atoms with E-state index >= 15 is 0 Å². The highest BCUT2D eigenvalue weighted by molar-refractivity contribution is 5.81. The average molecular weight is 323 g/mol. The molecule has 1 atom stereocenters. The third-order valence-electron chi connectivity index (χ3n) is 4.44. The molecule has 3 heterocycles. The number of anilines is 1. The number of amides is 1. The van der Waals surface area contributed by atoms with Crippen molar-refractivity contribution in [2.75, 3.05) is 37.7 Å². The van der Waals surface area contributed by atoms with Gasteiger partial charge in [0.1, 0.15) is 11.8 Å². The number of aromatic nitrogens is 2. The van der Waals surface area contributed by atoms with Gasteiger partial charge in [0.25, 0.3) is 5.91 Å². The Balaban J connectivity index is 1.70. The fourth-order valence-corrected chi connectivity index (χ4v) is 3.32. The Labute approximate surface area is 133 Å². The van der Waals surface area contributed by atoms with Gasteiger partial charge in [0.15, 0.2) is 0 Å². The summed E-state index contributed by atoms with van der Waals surface area (Å²) in [6, 6.07) is 0. The number of rotatable bonds is 3. The molecule has 3 rings (SSSR count). The van der Waals surface area contributed by atoms with Gasteiger partial charge in [-0.2, -0.15) is 5.10 Å². The van der Waals surface area contributed by atoms with Crippen LogP contribution in [0.25, 0.3) is 0 Å². The van der Waals surface area contributed by atoms with Crippen molar-refractivity contribution in [1.82, 2.24) is 14.7 Å². The first kappa shape index (κ1) is 15.7. The summed E-state index contributed by atoms with van der Waals surface area (Å²) >= 11 is 0. The number of piperazine rings is 1. The van der Waals surface area contributed by atoms with Crippen molar-refractivity contribution >= 4 is 17.4 Å². The van der Waals surface area contributed by atoms with Crippen LogP contribution < -0.4 is 4.90 Å². The predicted molar refractivity (Wildman–Crippen MR) is 82.4 cm³/mol. The molecule has 1 aromatic rings. The summed E-state index contributed by atoms with van der Waals surface area (Å²) < 4.78 is 6.99. The van der Waals surface area contributed by atoms with E-state index in [0.717, 1.165) is 12.8 Å². The molecule has 1 aromatic heterocycles. The fraction of sp³-hybridized carbons (Fsp3) is 0.714. The molecule has 0 radical (unpaired) electrons. The van der Waals surface area contributed by atoms with Crippen LogP contribution >= 0.6 is 0 Å². The lowest BCUT2D eigenvalue weighted by molar-refractivity contribution is -0.384. The highest BCUT2D eigenvalue weighted by Gasteiger charge is 2.34. The van der Waals surface area contributed by atoms with Crippen LogP contribution in [0.4, 0.5) is 11.5 Å². The van der Waals surface area contributed by atoms with Crippen LogP contribution in [-0.4, -0.2) is 64.4 Å². The third-order valence-corrected chi connectivity index (χ3v) is 4.44. The Kier molecular flexibility index (Phi) is 4.20. The number of hydrogen-bond donors (Lipinski definition) is 0. The van der Waals surface area contributed by atoms with Crippen molar-refractivity contribution in [2.45, 2.75) is 25.9 Å². The van der Waals surface area contributed by atoms with Crippen molar-refractivity contribution in [3.63, 3.8) is 0 Å². The molecule has 0 aliphatic carbocycles. The fourth-order valence-electron chi connectivity index (χ4n) is 3.32. The van der Waals surface area contributed by atoms with Crippen molar-refractivity contribution in [3.05, 3.63) is 15.8 Å². The molecule has 1 amide bonds. The van der Waals surface area contributed by atoms with Crippen LogP contribution in [0.1, 0.15) is 18.5 Å².